The van der Waals surface area contributed by atoms with E-state index in [9.17, 15) is 4.39 Å². The topological polar surface area (TPSA) is 0 Å². The van der Waals surface area contributed by atoms with Crippen molar-refractivity contribution in [3.8, 4) is 11.8 Å². The molecule has 0 bridgehead atoms. The second-order valence-electron chi connectivity index (χ2n) is 7.14. The molecule has 0 atom stereocenters. The number of allylic oxidation sites excluding steroid dienone is 4. The monoisotopic (exact) mass is 382 g/mol. The molecular formula is C28H27F. The Balaban J connectivity index is 1.77. The van der Waals surface area contributed by atoms with Crippen LogP contribution in [0.15, 0.2) is 78.9 Å². The van der Waals surface area contributed by atoms with E-state index in [1.54, 1.807) is 6.07 Å². The van der Waals surface area contributed by atoms with E-state index in [4.69, 9.17) is 0 Å². The molecule has 0 spiro atoms. The molecule has 3 aromatic carbocycles. The summed E-state index contributed by atoms with van der Waals surface area (Å²) in [4.78, 5) is 0. The number of fused-ring (bicyclic) bond motifs is 1. The summed E-state index contributed by atoms with van der Waals surface area (Å²) in [5.74, 6) is 5.86. The van der Waals surface area contributed by atoms with Crippen molar-refractivity contribution in [1.29, 1.82) is 0 Å². The van der Waals surface area contributed by atoms with Gasteiger partial charge in [0.15, 0.2) is 0 Å². The molecule has 0 N–H and O–H groups in total. The Hall–Kier alpha value is -3.11. The van der Waals surface area contributed by atoms with Gasteiger partial charge in [0.25, 0.3) is 0 Å². The van der Waals surface area contributed by atoms with Gasteiger partial charge < -0.3 is 0 Å². The fraction of sp³-hybridized carbons (Fsp3) is 0.214. The first-order valence-electron chi connectivity index (χ1n) is 10.3. The van der Waals surface area contributed by atoms with Crippen LogP contribution in [-0.2, 0) is 12.8 Å². The van der Waals surface area contributed by atoms with Gasteiger partial charge >= 0.3 is 0 Å². The first kappa shape index (κ1) is 20.6. The molecule has 3 aromatic rings. The Kier molecular flexibility index (Phi) is 7.42. The van der Waals surface area contributed by atoms with Gasteiger partial charge in [-0.2, -0.15) is 0 Å². The Labute approximate surface area is 173 Å². The van der Waals surface area contributed by atoms with Crippen LogP contribution >= 0.6 is 0 Å². The quantitative estimate of drug-likeness (QED) is 0.308. The molecule has 1 heteroatoms. The average molecular weight is 383 g/mol. The smallest absolute Gasteiger partial charge is 0.146 e. The summed E-state index contributed by atoms with van der Waals surface area (Å²) in [6.45, 7) is 4.06. The van der Waals surface area contributed by atoms with E-state index in [-0.39, 0.29) is 5.82 Å². The van der Waals surface area contributed by atoms with Crippen LogP contribution in [0.3, 0.4) is 0 Å². The summed E-state index contributed by atoms with van der Waals surface area (Å²) in [7, 11) is 0. The lowest BCUT2D eigenvalue weighted by Gasteiger charge is -2.05. The van der Waals surface area contributed by atoms with Crippen LogP contribution < -0.4 is 0 Å². The molecule has 29 heavy (non-hydrogen) atoms. The van der Waals surface area contributed by atoms with E-state index in [1.807, 2.05) is 44.2 Å². The molecule has 0 aliphatic rings. The lowest BCUT2D eigenvalue weighted by Crippen LogP contribution is -1.89. The summed E-state index contributed by atoms with van der Waals surface area (Å²) in [6.07, 6.45) is 12.5. The van der Waals surface area contributed by atoms with E-state index in [2.05, 4.69) is 54.3 Å². The van der Waals surface area contributed by atoms with Gasteiger partial charge in [0.05, 0.1) is 5.56 Å². The standard InChI is InChI=1S/C28H27F/c1-3-5-7-9-22-11-13-23(14-12-22)15-17-25-18-19-26-21-24(10-8-6-4-2)16-20-27(26)28(25)29/h3-6,11-14,16,18-21H,7-10H2,1-2H3/b5-3+,6-4+. The minimum absolute atomic E-state index is 0.238. The maximum absolute atomic E-state index is 14.9. The van der Waals surface area contributed by atoms with E-state index < -0.39 is 0 Å². The van der Waals surface area contributed by atoms with Crippen LogP contribution in [-0.4, -0.2) is 0 Å². The van der Waals surface area contributed by atoms with Crippen molar-refractivity contribution in [3.63, 3.8) is 0 Å². The Morgan fingerprint density at radius 3 is 2.10 bits per heavy atom. The zero-order chi connectivity index (χ0) is 20.5. The van der Waals surface area contributed by atoms with Crippen molar-refractivity contribution < 1.29 is 4.39 Å². The van der Waals surface area contributed by atoms with Crippen LogP contribution in [0.5, 0.6) is 0 Å². The number of rotatable bonds is 6. The Morgan fingerprint density at radius 1 is 0.759 bits per heavy atom. The largest absolute Gasteiger partial charge is 0.205 e. The molecule has 0 unspecified atom stereocenters. The van der Waals surface area contributed by atoms with Gasteiger partial charge in [-0.25, -0.2) is 4.39 Å². The predicted octanol–water partition coefficient (Wildman–Crippen LogP) is 7.40. The molecule has 0 heterocycles. The Bertz CT molecular complexity index is 1070. The average Bonchev–Trinajstić information content (AvgIpc) is 2.75. The summed E-state index contributed by atoms with van der Waals surface area (Å²) in [5.41, 5.74) is 3.86. The van der Waals surface area contributed by atoms with Gasteiger partial charge in [-0.1, -0.05) is 72.5 Å². The van der Waals surface area contributed by atoms with Crippen molar-refractivity contribution in [2.75, 3.05) is 0 Å². The summed E-state index contributed by atoms with van der Waals surface area (Å²) in [5, 5.41) is 1.56. The molecule has 0 saturated carbocycles. The van der Waals surface area contributed by atoms with E-state index in [1.165, 1.54) is 11.1 Å². The van der Waals surface area contributed by atoms with Crippen molar-refractivity contribution in [1.82, 2.24) is 0 Å². The first-order valence-corrected chi connectivity index (χ1v) is 10.3. The molecular weight excluding hydrogens is 355 g/mol. The lowest BCUT2D eigenvalue weighted by molar-refractivity contribution is 0.636. The summed E-state index contributed by atoms with van der Waals surface area (Å²) in [6, 6.07) is 17.9. The first-order chi connectivity index (χ1) is 14.2. The number of halogens is 1. The second-order valence-corrected chi connectivity index (χ2v) is 7.14. The minimum Gasteiger partial charge on any atom is -0.205 e. The number of hydrogen-bond acceptors (Lipinski definition) is 0. The van der Waals surface area contributed by atoms with Crippen molar-refractivity contribution >= 4 is 10.8 Å². The fourth-order valence-corrected chi connectivity index (χ4v) is 3.32. The van der Waals surface area contributed by atoms with Crippen LogP contribution in [0.2, 0.25) is 0 Å². The molecule has 0 saturated heterocycles. The lowest BCUT2D eigenvalue weighted by atomic mass is 10.0. The van der Waals surface area contributed by atoms with Gasteiger partial charge in [-0.05, 0) is 74.2 Å². The van der Waals surface area contributed by atoms with Gasteiger partial charge in [-0.15, -0.1) is 0 Å². The SMILES string of the molecule is C/C=C/CCc1ccc(C#Cc2ccc3cc(CC/C=C/C)ccc3c2F)cc1. The highest BCUT2D eigenvalue weighted by Crippen LogP contribution is 2.23. The normalized spacial score (nSPS) is 11.3. The molecule has 0 amide bonds. The second kappa shape index (κ2) is 10.4. The van der Waals surface area contributed by atoms with Crippen molar-refractivity contribution in [2.45, 2.75) is 39.5 Å². The Morgan fingerprint density at radius 2 is 1.41 bits per heavy atom. The van der Waals surface area contributed by atoms with Gasteiger partial charge in [-0.3, -0.25) is 0 Å². The number of aryl methyl sites for hydroxylation is 2. The number of hydrogen-bond donors (Lipinski definition) is 0. The van der Waals surface area contributed by atoms with Gasteiger partial charge in [0, 0.05) is 10.9 Å². The molecule has 0 aliphatic heterocycles. The van der Waals surface area contributed by atoms with Gasteiger partial charge in [0.1, 0.15) is 5.82 Å². The molecule has 0 aromatic heterocycles. The van der Waals surface area contributed by atoms with Crippen LogP contribution in [0.4, 0.5) is 4.39 Å². The van der Waals surface area contributed by atoms with Gasteiger partial charge in [0.2, 0.25) is 0 Å². The van der Waals surface area contributed by atoms with Crippen molar-refractivity contribution in [3.05, 3.63) is 107 Å². The van der Waals surface area contributed by atoms with Crippen LogP contribution in [0.1, 0.15) is 48.9 Å². The minimum atomic E-state index is -0.238. The summed E-state index contributed by atoms with van der Waals surface area (Å²) >= 11 is 0. The molecule has 0 radical (unpaired) electrons. The third kappa shape index (κ3) is 5.69. The van der Waals surface area contributed by atoms with E-state index >= 15 is 0 Å². The molecule has 3 rings (SSSR count). The highest BCUT2D eigenvalue weighted by molar-refractivity contribution is 5.85. The maximum atomic E-state index is 14.9. The third-order valence-corrected chi connectivity index (χ3v) is 4.98. The van der Waals surface area contributed by atoms with Crippen LogP contribution in [0, 0.1) is 17.7 Å². The zero-order valence-corrected chi connectivity index (χ0v) is 17.2. The third-order valence-electron chi connectivity index (χ3n) is 4.98. The molecule has 0 nitrogen and oxygen atoms in total. The zero-order valence-electron chi connectivity index (χ0n) is 17.2. The molecule has 0 fully saturated rings. The van der Waals surface area contributed by atoms with E-state index in [0.29, 0.717) is 10.9 Å². The highest BCUT2D eigenvalue weighted by Gasteiger charge is 2.06. The van der Waals surface area contributed by atoms with Crippen molar-refractivity contribution in [2.24, 2.45) is 0 Å². The number of benzene rings is 3. The molecule has 146 valence electrons. The maximum Gasteiger partial charge on any atom is 0.146 e. The van der Waals surface area contributed by atoms with E-state index in [0.717, 1.165) is 36.6 Å². The van der Waals surface area contributed by atoms with Crippen LogP contribution in [0.25, 0.3) is 10.8 Å². The summed E-state index contributed by atoms with van der Waals surface area (Å²) < 4.78 is 14.9. The highest BCUT2D eigenvalue weighted by atomic mass is 19.1. The predicted molar refractivity (Wildman–Crippen MR) is 123 cm³/mol. The fourth-order valence-electron chi connectivity index (χ4n) is 3.32. The molecule has 0 aliphatic carbocycles.